The van der Waals surface area contributed by atoms with Gasteiger partial charge < -0.3 is 16.2 Å². The molecule has 0 radical (unpaired) electrons. The van der Waals surface area contributed by atoms with Gasteiger partial charge in [-0.15, -0.1) is 0 Å². The van der Waals surface area contributed by atoms with Crippen molar-refractivity contribution in [1.29, 1.82) is 0 Å². The largest absolute Gasteiger partial charge is 0.396 e. The summed E-state index contributed by atoms with van der Waals surface area (Å²) in [6.45, 7) is 4.33. The van der Waals surface area contributed by atoms with E-state index in [1.165, 1.54) is 6.33 Å². The van der Waals surface area contributed by atoms with Crippen LogP contribution >= 0.6 is 0 Å². The molecule has 5 heteroatoms. The molecule has 84 valence electrons. The van der Waals surface area contributed by atoms with Crippen LogP contribution in [0.3, 0.4) is 0 Å². The Morgan fingerprint density at radius 3 is 2.80 bits per heavy atom. The summed E-state index contributed by atoms with van der Waals surface area (Å²) in [6, 6.07) is 0.173. The highest BCUT2D eigenvalue weighted by atomic mass is 16.3. The van der Waals surface area contributed by atoms with E-state index >= 15 is 0 Å². The molecule has 0 bridgehead atoms. The first kappa shape index (κ1) is 11.7. The van der Waals surface area contributed by atoms with E-state index < -0.39 is 0 Å². The summed E-state index contributed by atoms with van der Waals surface area (Å²) in [5.74, 6) is 1.05. The normalized spacial score (nSPS) is 12.8. The minimum Gasteiger partial charge on any atom is -0.396 e. The zero-order chi connectivity index (χ0) is 11.3. The first-order chi connectivity index (χ1) is 7.15. The Labute approximate surface area is 89.7 Å². The fourth-order valence-electron chi connectivity index (χ4n) is 1.35. The van der Waals surface area contributed by atoms with E-state index in [2.05, 4.69) is 29.1 Å². The number of nitrogens with two attached hydrogens (primary N) is 1. The molecule has 0 spiro atoms. The Kier molecular flexibility index (Phi) is 4.30. The predicted octanol–water partition coefficient (Wildman–Crippen LogP) is 0.878. The van der Waals surface area contributed by atoms with Crippen molar-refractivity contribution in [2.45, 2.75) is 26.3 Å². The molecule has 0 aromatic carbocycles. The van der Waals surface area contributed by atoms with Crippen molar-refractivity contribution in [2.24, 2.45) is 5.92 Å². The van der Waals surface area contributed by atoms with Gasteiger partial charge in [-0.05, 0) is 12.3 Å². The van der Waals surface area contributed by atoms with Gasteiger partial charge in [0, 0.05) is 12.6 Å². The number of aliphatic hydroxyl groups excluding tert-OH is 1. The van der Waals surface area contributed by atoms with Crippen LogP contribution in [-0.4, -0.2) is 27.7 Å². The highest BCUT2D eigenvalue weighted by molar-refractivity contribution is 5.59. The summed E-state index contributed by atoms with van der Waals surface area (Å²) < 4.78 is 0. The van der Waals surface area contributed by atoms with E-state index in [0.717, 1.165) is 0 Å². The summed E-state index contributed by atoms with van der Waals surface area (Å²) in [5.41, 5.74) is 6.24. The fourth-order valence-corrected chi connectivity index (χ4v) is 1.35. The zero-order valence-electron chi connectivity index (χ0n) is 9.14. The maximum Gasteiger partial charge on any atom is 0.152 e. The van der Waals surface area contributed by atoms with Crippen LogP contribution in [-0.2, 0) is 0 Å². The molecule has 0 amide bonds. The van der Waals surface area contributed by atoms with Crippen molar-refractivity contribution < 1.29 is 5.11 Å². The van der Waals surface area contributed by atoms with E-state index in [1.54, 1.807) is 6.20 Å². The van der Waals surface area contributed by atoms with Gasteiger partial charge in [0.25, 0.3) is 0 Å². The summed E-state index contributed by atoms with van der Waals surface area (Å²) >= 11 is 0. The molecule has 1 rings (SSSR count). The van der Waals surface area contributed by atoms with Gasteiger partial charge >= 0.3 is 0 Å². The van der Waals surface area contributed by atoms with Gasteiger partial charge in [0.2, 0.25) is 0 Å². The summed E-state index contributed by atoms with van der Waals surface area (Å²) in [4.78, 5) is 7.87. The number of nitrogens with zero attached hydrogens (tertiary/aromatic N) is 2. The van der Waals surface area contributed by atoms with Crippen LogP contribution in [0.2, 0.25) is 0 Å². The van der Waals surface area contributed by atoms with Crippen LogP contribution in [0.5, 0.6) is 0 Å². The van der Waals surface area contributed by atoms with Crippen LogP contribution in [0.15, 0.2) is 12.5 Å². The SMILES string of the molecule is CC(C)C(CCO)Nc1ncncc1N. The second-order valence-corrected chi connectivity index (χ2v) is 3.83. The summed E-state index contributed by atoms with van der Waals surface area (Å²) in [5, 5.41) is 12.1. The molecule has 1 unspecified atom stereocenters. The number of hydrogen-bond donors (Lipinski definition) is 3. The molecule has 0 saturated heterocycles. The molecule has 0 aliphatic carbocycles. The van der Waals surface area contributed by atoms with Crippen LogP contribution < -0.4 is 11.1 Å². The molecule has 0 aliphatic heterocycles. The number of anilines is 2. The molecule has 5 nitrogen and oxygen atoms in total. The summed E-state index contributed by atoms with van der Waals surface area (Å²) in [7, 11) is 0. The Bertz CT molecular complexity index is 303. The maximum absolute atomic E-state index is 8.93. The molecule has 15 heavy (non-hydrogen) atoms. The Morgan fingerprint density at radius 1 is 1.53 bits per heavy atom. The van der Waals surface area contributed by atoms with Gasteiger partial charge in [-0.3, -0.25) is 0 Å². The van der Waals surface area contributed by atoms with Crippen LogP contribution in [0, 0.1) is 5.92 Å². The van der Waals surface area contributed by atoms with Gasteiger partial charge in [0.15, 0.2) is 5.82 Å². The summed E-state index contributed by atoms with van der Waals surface area (Å²) in [6.07, 6.45) is 3.70. The van der Waals surface area contributed by atoms with Gasteiger partial charge in [0.1, 0.15) is 6.33 Å². The van der Waals surface area contributed by atoms with E-state index in [1.807, 2.05) is 0 Å². The van der Waals surface area contributed by atoms with Gasteiger partial charge in [-0.1, -0.05) is 13.8 Å². The molecular formula is C10H18N4O. The van der Waals surface area contributed by atoms with E-state index in [-0.39, 0.29) is 12.6 Å². The average Bonchev–Trinajstić information content (AvgIpc) is 2.20. The van der Waals surface area contributed by atoms with Crippen molar-refractivity contribution in [1.82, 2.24) is 9.97 Å². The fraction of sp³-hybridized carbons (Fsp3) is 0.600. The highest BCUT2D eigenvalue weighted by Crippen LogP contribution is 2.17. The molecule has 0 saturated carbocycles. The Morgan fingerprint density at radius 2 is 2.27 bits per heavy atom. The number of nitrogens with one attached hydrogen (secondary N) is 1. The molecule has 0 aliphatic rings. The number of hydrogen-bond acceptors (Lipinski definition) is 5. The number of rotatable bonds is 5. The van der Waals surface area contributed by atoms with Crippen molar-refractivity contribution in [3.05, 3.63) is 12.5 Å². The first-order valence-electron chi connectivity index (χ1n) is 5.08. The first-order valence-corrected chi connectivity index (χ1v) is 5.08. The second-order valence-electron chi connectivity index (χ2n) is 3.83. The Balaban J connectivity index is 2.69. The minimum atomic E-state index is 0.154. The molecule has 1 atom stereocenters. The van der Waals surface area contributed by atoms with Crippen molar-refractivity contribution in [3.8, 4) is 0 Å². The molecule has 1 aromatic rings. The number of aliphatic hydroxyl groups is 1. The highest BCUT2D eigenvalue weighted by Gasteiger charge is 2.14. The van der Waals surface area contributed by atoms with Crippen LogP contribution in [0.4, 0.5) is 11.5 Å². The lowest BCUT2D eigenvalue weighted by atomic mass is 10.0. The van der Waals surface area contributed by atoms with E-state index in [9.17, 15) is 0 Å². The number of nitrogen functional groups attached to an aromatic ring is 1. The molecule has 4 N–H and O–H groups in total. The molecular weight excluding hydrogens is 192 g/mol. The Hall–Kier alpha value is -1.36. The third kappa shape index (κ3) is 3.36. The van der Waals surface area contributed by atoms with Crippen molar-refractivity contribution in [2.75, 3.05) is 17.7 Å². The van der Waals surface area contributed by atoms with E-state index in [4.69, 9.17) is 10.8 Å². The lowest BCUT2D eigenvalue weighted by Gasteiger charge is -2.22. The van der Waals surface area contributed by atoms with Crippen molar-refractivity contribution in [3.63, 3.8) is 0 Å². The smallest absolute Gasteiger partial charge is 0.152 e. The third-order valence-corrected chi connectivity index (χ3v) is 2.31. The lowest BCUT2D eigenvalue weighted by Crippen LogP contribution is -2.27. The third-order valence-electron chi connectivity index (χ3n) is 2.31. The molecule has 0 fully saturated rings. The number of aromatic nitrogens is 2. The monoisotopic (exact) mass is 210 g/mol. The zero-order valence-corrected chi connectivity index (χ0v) is 9.14. The lowest BCUT2D eigenvalue weighted by molar-refractivity contribution is 0.267. The predicted molar refractivity (Wildman–Crippen MR) is 60.4 cm³/mol. The standard InChI is InChI=1S/C10H18N4O/c1-7(2)9(3-4-15)14-10-8(11)5-12-6-13-10/h5-7,9,15H,3-4,11H2,1-2H3,(H,12,13,14). The maximum atomic E-state index is 8.93. The van der Waals surface area contributed by atoms with Crippen LogP contribution in [0.25, 0.3) is 0 Å². The molecule has 1 aromatic heterocycles. The quantitative estimate of drug-likeness (QED) is 0.671. The minimum absolute atomic E-state index is 0.154. The van der Waals surface area contributed by atoms with Crippen LogP contribution in [0.1, 0.15) is 20.3 Å². The van der Waals surface area contributed by atoms with Gasteiger partial charge in [-0.25, -0.2) is 9.97 Å². The van der Waals surface area contributed by atoms with Gasteiger partial charge in [-0.2, -0.15) is 0 Å². The topological polar surface area (TPSA) is 84.1 Å². The average molecular weight is 210 g/mol. The second kappa shape index (κ2) is 5.50. The van der Waals surface area contributed by atoms with Gasteiger partial charge in [0.05, 0.1) is 11.9 Å². The molecule has 1 heterocycles. The van der Waals surface area contributed by atoms with E-state index in [0.29, 0.717) is 23.8 Å². The van der Waals surface area contributed by atoms with Crippen molar-refractivity contribution >= 4 is 11.5 Å².